The van der Waals surface area contributed by atoms with E-state index < -0.39 is 11.6 Å². The number of amides is 2. The molecule has 6 nitrogen and oxygen atoms in total. The van der Waals surface area contributed by atoms with Crippen LogP contribution in [0, 0.1) is 5.41 Å². The van der Waals surface area contributed by atoms with Crippen molar-refractivity contribution in [1.29, 1.82) is 0 Å². The number of carbonyl (C=O) groups excluding carboxylic acids is 1. The van der Waals surface area contributed by atoms with Crippen LogP contribution in [0.4, 0.5) is 4.79 Å². The molecule has 1 heterocycles. The minimum atomic E-state index is -1.42. The van der Waals surface area contributed by atoms with E-state index in [1.165, 1.54) is 6.92 Å². The van der Waals surface area contributed by atoms with Crippen LogP contribution in [0.15, 0.2) is 0 Å². The maximum absolute atomic E-state index is 12.0. The Kier molecular flexibility index (Phi) is 5.39. The Labute approximate surface area is 120 Å². The van der Waals surface area contributed by atoms with Gasteiger partial charge in [-0.25, -0.2) is 4.79 Å². The van der Waals surface area contributed by atoms with Crippen LogP contribution in [-0.2, 0) is 4.79 Å². The zero-order chi connectivity index (χ0) is 15.4. The molecule has 116 valence electrons. The second-order valence-electron chi connectivity index (χ2n) is 6.38. The highest BCUT2D eigenvalue weighted by atomic mass is 16.4. The fraction of sp³-hybridized carbons (Fsp3) is 0.857. The second kappa shape index (κ2) is 6.43. The van der Waals surface area contributed by atoms with Gasteiger partial charge in [-0.05, 0) is 25.2 Å². The average Bonchev–Trinajstić information content (AvgIpc) is 2.35. The first kappa shape index (κ1) is 16.8. The zero-order valence-electron chi connectivity index (χ0n) is 12.6. The SMILES string of the molecule is CCC1(C)CCN(C(=O)NCC(C)(O)CC(=O)O)CC1. The van der Waals surface area contributed by atoms with E-state index in [0.717, 1.165) is 19.3 Å². The minimum absolute atomic E-state index is 0.0559. The number of carboxylic acid groups (broad SMARTS) is 1. The molecule has 0 aliphatic carbocycles. The molecule has 3 N–H and O–H groups in total. The van der Waals surface area contributed by atoms with Crippen LogP contribution >= 0.6 is 0 Å². The van der Waals surface area contributed by atoms with Crippen molar-refractivity contribution in [3.05, 3.63) is 0 Å². The largest absolute Gasteiger partial charge is 0.481 e. The molecule has 1 aliphatic rings. The summed E-state index contributed by atoms with van der Waals surface area (Å²) in [6.07, 6.45) is 2.67. The van der Waals surface area contributed by atoms with Crippen LogP contribution in [0.25, 0.3) is 0 Å². The first-order chi connectivity index (χ1) is 9.17. The number of piperidine rings is 1. The van der Waals surface area contributed by atoms with E-state index in [1.54, 1.807) is 4.90 Å². The number of likely N-dealkylation sites (tertiary alicyclic amines) is 1. The van der Waals surface area contributed by atoms with Gasteiger partial charge in [0.25, 0.3) is 0 Å². The van der Waals surface area contributed by atoms with Crippen LogP contribution in [0.5, 0.6) is 0 Å². The number of carbonyl (C=O) groups is 2. The highest BCUT2D eigenvalue weighted by Crippen LogP contribution is 2.33. The molecule has 1 rings (SSSR count). The third-order valence-corrected chi connectivity index (χ3v) is 4.26. The van der Waals surface area contributed by atoms with Crippen LogP contribution in [0.2, 0.25) is 0 Å². The van der Waals surface area contributed by atoms with Gasteiger partial charge in [0, 0.05) is 19.6 Å². The van der Waals surface area contributed by atoms with E-state index in [9.17, 15) is 14.7 Å². The summed E-state index contributed by atoms with van der Waals surface area (Å²) in [5.41, 5.74) is -1.11. The van der Waals surface area contributed by atoms with Crippen molar-refractivity contribution in [1.82, 2.24) is 10.2 Å². The Hall–Kier alpha value is -1.30. The number of hydrogen-bond acceptors (Lipinski definition) is 3. The second-order valence-corrected chi connectivity index (χ2v) is 6.38. The molecule has 0 aromatic heterocycles. The number of urea groups is 1. The van der Waals surface area contributed by atoms with Crippen LogP contribution < -0.4 is 5.32 Å². The van der Waals surface area contributed by atoms with Gasteiger partial charge in [0.2, 0.25) is 0 Å². The van der Waals surface area contributed by atoms with Gasteiger partial charge in [-0.3, -0.25) is 4.79 Å². The quantitative estimate of drug-likeness (QED) is 0.713. The topological polar surface area (TPSA) is 89.9 Å². The lowest BCUT2D eigenvalue weighted by Crippen LogP contribution is -2.50. The fourth-order valence-corrected chi connectivity index (χ4v) is 2.37. The van der Waals surface area contributed by atoms with Crippen LogP contribution in [0.3, 0.4) is 0 Å². The molecule has 0 saturated carbocycles. The number of rotatable bonds is 5. The standard InChI is InChI=1S/C14H26N2O4/c1-4-13(2)5-7-16(8-6-13)12(19)15-10-14(3,20)9-11(17)18/h20H,4-10H2,1-3H3,(H,15,19)(H,17,18). The Morgan fingerprint density at radius 1 is 1.35 bits per heavy atom. The van der Waals surface area contributed by atoms with Crippen LogP contribution in [0.1, 0.15) is 46.5 Å². The van der Waals surface area contributed by atoms with Gasteiger partial charge in [0.15, 0.2) is 0 Å². The maximum atomic E-state index is 12.0. The Morgan fingerprint density at radius 2 is 1.90 bits per heavy atom. The summed E-state index contributed by atoms with van der Waals surface area (Å²) in [7, 11) is 0. The number of hydrogen-bond donors (Lipinski definition) is 3. The monoisotopic (exact) mass is 286 g/mol. The van der Waals surface area contributed by atoms with Crippen LogP contribution in [-0.4, -0.2) is 52.3 Å². The molecular formula is C14H26N2O4. The summed E-state index contributed by atoms with van der Waals surface area (Å²) in [4.78, 5) is 24.3. The summed E-state index contributed by atoms with van der Waals surface area (Å²) in [5.74, 6) is -1.08. The smallest absolute Gasteiger partial charge is 0.317 e. The van der Waals surface area contributed by atoms with Crippen molar-refractivity contribution in [3.63, 3.8) is 0 Å². The lowest BCUT2D eigenvalue weighted by atomic mass is 9.78. The number of aliphatic carboxylic acids is 1. The predicted octanol–water partition coefficient (Wildman–Crippen LogP) is 1.43. The van der Waals surface area contributed by atoms with E-state index in [4.69, 9.17) is 5.11 Å². The first-order valence-corrected chi connectivity index (χ1v) is 7.14. The van der Waals surface area contributed by atoms with Gasteiger partial charge < -0.3 is 20.4 Å². The molecule has 2 amide bonds. The van der Waals surface area contributed by atoms with Gasteiger partial charge in [0.1, 0.15) is 0 Å². The van der Waals surface area contributed by atoms with Crippen molar-refractivity contribution in [3.8, 4) is 0 Å². The molecule has 1 atom stereocenters. The third-order valence-electron chi connectivity index (χ3n) is 4.26. The molecule has 0 aromatic carbocycles. The number of nitrogens with zero attached hydrogens (tertiary/aromatic N) is 1. The van der Waals surface area contributed by atoms with E-state index >= 15 is 0 Å². The van der Waals surface area contributed by atoms with Gasteiger partial charge in [-0.1, -0.05) is 20.3 Å². The Bertz CT molecular complexity index is 360. The summed E-state index contributed by atoms with van der Waals surface area (Å²) in [6.45, 7) is 7.17. The average molecular weight is 286 g/mol. The molecule has 0 radical (unpaired) electrons. The number of nitrogens with one attached hydrogen (secondary N) is 1. The summed E-state index contributed by atoms with van der Waals surface area (Å²) < 4.78 is 0. The maximum Gasteiger partial charge on any atom is 0.317 e. The molecule has 1 saturated heterocycles. The normalized spacial score (nSPS) is 21.1. The van der Waals surface area contributed by atoms with Crippen molar-refractivity contribution in [2.45, 2.75) is 52.1 Å². The molecule has 0 bridgehead atoms. The number of carboxylic acids is 1. The fourth-order valence-electron chi connectivity index (χ4n) is 2.37. The molecule has 1 unspecified atom stereocenters. The molecular weight excluding hydrogens is 260 g/mol. The Morgan fingerprint density at radius 3 is 2.35 bits per heavy atom. The Balaban J connectivity index is 2.39. The molecule has 1 fully saturated rings. The summed E-state index contributed by atoms with van der Waals surface area (Å²) in [5, 5.41) is 21.1. The molecule has 0 spiro atoms. The van der Waals surface area contributed by atoms with E-state index in [2.05, 4.69) is 19.2 Å². The molecule has 0 aromatic rings. The van der Waals surface area contributed by atoms with Crippen molar-refractivity contribution >= 4 is 12.0 Å². The van der Waals surface area contributed by atoms with E-state index in [-0.39, 0.29) is 19.0 Å². The lowest BCUT2D eigenvalue weighted by molar-refractivity contribution is -0.141. The van der Waals surface area contributed by atoms with E-state index in [1.807, 2.05) is 0 Å². The highest BCUT2D eigenvalue weighted by molar-refractivity contribution is 5.74. The van der Waals surface area contributed by atoms with Gasteiger partial charge in [0.05, 0.1) is 12.0 Å². The van der Waals surface area contributed by atoms with Crippen molar-refractivity contribution < 1.29 is 19.8 Å². The number of aliphatic hydroxyl groups is 1. The molecule has 20 heavy (non-hydrogen) atoms. The van der Waals surface area contributed by atoms with Gasteiger partial charge in [-0.2, -0.15) is 0 Å². The molecule has 6 heteroatoms. The highest BCUT2D eigenvalue weighted by Gasteiger charge is 2.31. The summed E-state index contributed by atoms with van der Waals surface area (Å²) >= 11 is 0. The van der Waals surface area contributed by atoms with Crippen molar-refractivity contribution in [2.75, 3.05) is 19.6 Å². The summed E-state index contributed by atoms with van der Waals surface area (Å²) in [6, 6.07) is -0.228. The lowest BCUT2D eigenvalue weighted by Gasteiger charge is -2.39. The zero-order valence-corrected chi connectivity index (χ0v) is 12.6. The van der Waals surface area contributed by atoms with Crippen molar-refractivity contribution in [2.24, 2.45) is 5.41 Å². The predicted molar refractivity (Wildman–Crippen MR) is 75.5 cm³/mol. The minimum Gasteiger partial charge on any atom is -0.481 e. The molecule has 1 aliphatic heterocycles. The third kappa shape index (κ3) is 5.00. The van der Waals surface area contributed by atoms with Gasteiger partial charge in [-0.15, -0.1) is 0 Å². The van der Waals surface area contributed by atoms with Gasteiger partial charge >= 0.3 is 12.0 Å². The first-order valence-electron chi connectivity index (χ1n) is 7.14. The van der Waals surface area contributed by atoms with E-state index in [0.29, 0.717) is 18.5 Å².